The Balaban J connectivity index is 0.00000304. The number of rotatable bonds is 8. The number of carbonyl (C=O) groups is 1. The van der Waals surface area contributed by atoms with Gasteiger partial charge in [-0.2, -0.15) is 0 Å². The molecule has 186 valence electrons. The molecule has 0 bridgehead atoms. The van der Waals surface area contributed by atoms with E-state index in [0.29, 0.717) is 17.2 Å². The molecule has 36 heavy (non-hydrogen) atoms. The number of amides is 1. The lowest BCUT2D eigenvalue weighted by atomic mass is 10.1. The first kappa shape index (κ1) is 26.0. The van der Waals surface area contributed by atoms with Crippen LogP contribution in [-0.2, 0) is 0 Å². The summed E-state index contributed by atoms with van der Waals surface area (Å²) in [5.74, 6) is 0.713. The second-order valence-electron chi connectivity index (χ2n) is 8.49. The van der Waals surface area contributed by atoms with Crippen LogP contribution in [0.1, 0.15) is 16.8 Å². The van der Waals surface area contributed by atoms with Gasteiger partial charge in [-0.25, -0.2) is 9.97 Å². The second kappa shape index (κ2) is 11.3. The molecule has 0 aliphatic heterocycles. The highest BCUT2D eigenvalue weighted by atomic mass is 35.5. The number of carbonyl (C=O) groups excluding carboxylic acids is 1. The van der Waals surface area contributed by atoms with Crippen LogP contribution in [0.4, 0.5) is 5.13 Å². The van der Waals surface area contributed by atoms with Crippen LogP contribution < -0.4 is 9.64 Å². The third-order valence-corrected chi connectivity index (χ3v) is 7.70. The number of hydrogen-bond donors (Lipinski definition) is 0. The Morgan fingerprint density at radius 3 is 2.56 bits per heavy atom. The Bertz CT molecular complexity index is 1480. The highest BCUT2D eigenvalue weighted by Gasteiger charge is 2.24. The molecule has 0 atom stereocenters. The molecule has 3 aromatic heterocycles. The summed E-state index contributed by atoms with van der Waals surface area (Å²) in [6.07, 6.45) is 0.832. The molecule has 0 aliphatic carbocycles. The SMILES string of the molecule is COc1ccc2nc(N(CCCN(C)C)C(=O)c3cc(-c4cccs4)nc4ccccc34)sc2c1.Cl. The van der Waals surface area contributed by atoms with E-state index in [0.717, 1.165) is 50.4 Å². The number of ether oxygens (including phenoxy) is 1. The lowest BCUT2D eigenvalue weighted by Crippen LogP contribution is -2.33. The predicted octanol–water partition coefficient (Wildman–Crippen LogP) is 6.60. The average molecular weight is 539 g/mol. The van der Waals surface area contributed by atoms with Crippen LogP contribution >= 0.6 is 35.1 Å². The van der Waals surface area contributed by atoms with Gasteiger partial charge in [0.15, 0.2) is 5.13 Å². The van der Waals surface area contributed by atoms with E-state index in [1.54, 1.807) is 18.4 Å². The van der Waals surface area contributed by atoms with Gasteiger partial charge in [-0.15, -0.1) is 23.7 Å². The first-order valence-electron chi connectivity index (χ1n) is 11.4. The fourth-order valence-corrected chi connectivity index (χ4v) is 5.72. The van der Waals surface area contributed by atoms with Gasteiger partial charge in [-0.3, -0.25) is 9.69 Å². The number of hydrogen-bond acceptors (Lipinski definition) is 7. The number of aromatic nitrogens is 2. The Labute approximate surface area is 224 Å². The molecule has 0 fully saturated rings. The smallest absolute Gasteiger partial charge is 0.260 e. The van der Waals surface area contributed by atoms with E-state index in [2.05, 4.69) is 4.90 Å². The number of methoxy groups -OCH3 is 1. The number of halogens is 1. The number of nitrogens with zero attached hydrogens (tertiary/aromatic N) is 4. The van der Waals surface area contributed by atoms with Crippen molar-refractivity contribution in [3.8, 4) is 16.3 Å². The summed E-state index contributed by atoms with van der Waals surface area (Å²) in [6, 6.07) is 19.6. The number of anilines is 1. The Hall–Kier alpha value is -3.04. The maximum absolute atomic E-state index is 14.2. The lowest BCUT2D eigenvalue weighted by Gasteiger charge is -2.22. The van der Waals surface area contributed by atoms with Crippen LogP contribution in [0.2, 0.25) is 0 Å². The maximum Gasteiger partial charge on any atom is 0.260 e. The monoisotopic (exact) mass is 538 g/mol. The van der Waals surface area contributed by atoms with Gasteiger partial charge in [0.05, 0.1) is 39.0 Å². The average Bonchev–Trinajstić information content (AvgIpc) is 3.55. The van der Waals surface area contributed by atoms with E-state index in [9.17, 15) is 4.79 Å². The molecule has 2 aromatic carbocycles. The topological polar surface area (TPSA) is 58.6 Å². The van der Waals surface area contributed by atoms with Crippen LogP contribution in [0.25, 0.3) is 31.7 Å². The molecule has 0 spiro atoms. The molecule has 3 heterocycles. The van der Waals surface area contributed by atoms with Crippen molar-refractivity contribution in [3.05, 3.63) is 71.6 Å². The van der Waals surface area contributed by atoms with Crippen molar-refractivity contribution in [2.24, 2.45) is 0 Å². The third-order valence-electron chi connectivity index (χ3n) is 5.77. The van der Waals surface area contributed by atoms with Crippen molar-refractivity contribution in [2.45, 2.75) is 6.42 Å². The predicted molar refractivity (Wildman–Crippen MR) is 153 cm³/mol. The van der Waals surface area contributed by atoms with Crippen molar-refractivity contribution in [3.63, 3.8) is 0 Å². The zero-order chi connectivity index (χ0) is 24.4. The van der Waals surface area contributed by atoms with Crippen molar-refractivity contribution in [1.29, 1.82) is 0 Å². The number of benzene rings is 2. The first-order valence-corrected chi connectivity index (χ1v) is 13.1. The Morgan fingerprint density at radius 1 is 0.972 bits per heavy atom. The summed E-state index contributed by atoms with van der Waals surface area (Å²) in [6.45, 7) is 1.44. The molecule has 9 heteroatoms. The fraction of sp³-hybridized carbons (Fsp3) is 0.222. The van der Waals surface area contributed by atoms with Crippen LogP contribution in [0.3, 0.4) is 0 Å². The summed E-state index contributed by atoms with van der Waals surface area (Å²) in [7, 11) is 5.74. The van der Waals surface area contributed by atoms with E-state index in [1.165, 1.54) is 11.3 Å². The van der Waals surface area contributed by atoms with Gasteiger partial charge in [0.25, 0.3) is 5.91 Å². The zero-order valence-electron chi connectivity index (χ0n) is 20.3. The minimum atomic E-state index is -0.0637. The van der Waals surface area contributed by atoms with Gasteiger partial charge in [-0.05, 0) is 68.8 Å². The summed E-state index contributed by atoms with van der Waals surface area (Å²) in [5, 5.41) is 3.56. The van der Waals surface area contributed by atoms with Gasteiger partial charge in [0, 0.05) is 11.9 Å². The van der Waals surface area contributed by atoms with E-state index >= 15 is 0 Å². The molecule has 5 aromatic rings. The van der Waals surface area contributed by atoms with Gasteiger partial charge in [0.1, 0.15) is 5.75 Å². The highest BCUT2D eigenvalue weighted by Crippen LogP contribution is 2.34. The molecule has 5 rings (SSSR count). The molecular formula is C27H27ClN4O2S2. The minimum Gasteiger partial charge on any atom is -0.497 e. The van der Waals surface area contributed by atoms with Crippen LogP contribution in [0, 0.1) is 0 Å². The maximum atomic E-state index is 14.2. The van der Waals surface area contributed by atoms with E-state index in [-0.39, 0.29) is 18.3 Å². The van der Waals surface area contributed by atoms with E-state index < -0.39 is 0 Å². The minimum absolute atomic E-state index is 0. The molecular weight excluding hydrogens is 512 g/mol. The molecule has 0 N–H and O–H groups in total. The van der Waals surface area contributed by atoms with Crippen LogP contribution in [0.5, 0.6) is 5.75 Å². The highest BCUT2D eigenvalue weighted by molar-refractivity contribution is 7.22. The fourth-order valence-electron chi connectivity index (χ4n) is 4.01. The molecule has 0 saturated carbocycles. The number of fused-ring (bicyclic) bond motifs is 2. The van der Waals surface area contributed by atoms with Crippen molar-refractivity contribution in [2.75, 3.05) is 39.2 Å². The quantitative estimate of drug-likeness (QED) is 0.223. The van der Waals surface area contributed by atoms with Crippen LogP contribution in [0.15, 0.2) is 66.0 Å². The second-order valence-corrected chi connectivity index (χ2v) is 10.5. The molecule has 0 aliphatic rings. The normalized spacial score (nSPS) is 11.1. The molecule has 1 amide bonds. The van der Waals surface area contributed by atoms with E-state index in [4.69, 9.17) is 14.7 Å². The molecule has 6 nitrogen and oxygen atoms in total. The molecule has 0 saturated heterocycles. The molecule has 0 unspecified atom stereocenters. The Morgan fingerprint density at radius 2 is 1.81 bits per heavy atom. The summed E-state index contributed by atoms with van der Waals surface area (Å²) < 4.78 is 6.37. The lowest BCUT2D eigenvalue weighted by molar-refractivity contribution is 0.0987. The van der Waals surface area contributed by atoms with Gasteiger partial charge in [-0.1, -0.05) is 35.6 Å². The third kappa shape index (κ3) is 5.37. The Kier molecular flexibility index (Phi) is 8.21. The summed E-state index contributed by atoms with van der Waals surface area (Å²) in [5.41, 5.74) is 3.11. The number of pyridine rings is 1. The van der Waals surface area contributed by atoms with Crippen molar-refractivity contribution >= 4 is 67.2 Å². The van der Waals surface area contributed by atoms with Gasteiger partial charge in [0.2, 0.25) is 0 Å². The number of para-hydroxylation sites is 1. The van der Waals surface area contributed by atoms with Crippen LogP contribution in [-0.4, -0.2) is 55.1 Å². The largest absolute Gasteiger partial charge is 0.497 e. The van der Waals surface area contributed by atoms with Crippen molar-refractivity contribution in [1.82, 2.24) is 14.9 Å². The first-order chi connectivity index (χ1) is 17.0. The zero-order valence-corrected chi connectivity index (χ0v) is 22.8. The number of thiazole rings is 1. The summed E-state index contributed by atoms with van der Waals surface area (Å²) >= 11 is 3.13. The van der Waals surface area contributed by atoms with Gasteiger partial charge < -0.3 is 9.64 Å². The summed E-state index contributed by atoms with van der Waals surface area (Å²) in [4.78, 5) is 28.8. The van der Waals surface area contributed by atoms with Crippen molar-refractivity contribution < 1.29 is 9.53 Å². The molecule has 0 radical (unpaired) electrons. The number of thiophene rings is 1. The van der Waals surface area contributed by atoms with E-state index in [1.807, 2.05) is 85.0 Å². The van der Waals surface area contributed by atoms with Gasteiger partial charge >= 0.3 is 0 Å². The standard InChI is InChI=1S/C27H26N4O2S2.ClH/c1-30(2)13-7-14-31(27-29-22-12-11-18(33-3)16-25(22)35-27)26(32)20-17-23(24-10-6-15-34-24)28-21-9-5-4-8-19(20)21;/h4-6,8-12,15-17H,7,13-14H2,1-3H3;1H.